The Balaban J connectivity index is 1.59. The minimum absolute atomic E-state index is 0.0351. The Hall–Kier alpha value is -3.42. The molecule has 30 heavy (non-hydrogen) atoms. The van der Waals surface area contributed by atoms with Crippen LogP contribution in [0.3, 0.4) is 0 Å². The lowest BCUT2D eigenvalue weighted by Crippen LogP contribution is -2.31. The SMILES string of the molecule is Cc1ccc(CN(C)C(=O)COC(=O)c2ccc(NC3CC3)c([N+](=O)[O-])c2)c(C)c1. The van der Waals surface area contributed by atoms with Gasteiger partial charge in [0, 0.05) is 25.7 Å². The second-order valence-electron chi connectivity index (χ2n) is 7.66. The number of carbonyl (C=O) groups is 2. The Morgan fingerprint density at radius 1 is 1.20 bits per heavy atom. The highest BCUT2D eigenvalue weighted by atomic mass is 16.6. The number of nitro benzene ring substituents is 1. The zero-order valence-electron chi connectivity index (χ0n) is 17.3. The number of hydrogen-bond acceptors (Lipinski definition) is 6. The van der Waals surface area contributed by atoms with E-state index >= 15 is 0 Å². The number of nitrogens with zero attached hydrogens (tertiary/aromatic N) is 2. The molecular formula is C22H25N3O5. The molecule has 0 aromatic heterocycles. The smallest absolute Gasteiger partial charge is 0.338 e. The predicted octanol–water partition coefficient (Wildman–Crippen LogP) is 3.60. The van der Waals surface area contributed by atoms with Crippen molar-refractivity contribution in [3.8, 4) is 0 Å². The number of rotatable bonds is 8. The molecule has 3 rings (SSSR count). The number of esters is 1. The van der Waals surface area contributed by atoms with Gasteiger partial charge in [-0.15, -0.1) is 0 Å². The van der Waals surface area contributed by atoms with Crippen molar-refractivity contribution >= 4 is 23.3 Å². The van der Waals surface area contributed by atoms with Crippen LogP contribution in [0.15, 0.2) is 36.4 Å². The molecule has 0 spiro atoms. The lowest BCUT2D eigenvalue weighted by Gasteiger charge is -2.18. The van der Waals surface area contributed by atoms with Gasteiger partial charge in [-0.1, -0.05) is 23.8 Å². The average molecular weight is 411 g/mol. The van der Waals surface area contributed by atoms with Crippen molar-refractivity contribution in [1.29, 1.82) is 0 Å². The van der Waals surface area contributed by atoms with Gasteiger partial charge < -0.3 is 15.0 Å². The summed E-state index contributed by atoms with van der Waals surface area (Å²) in [6.45, 7) is 3.95. The predicted molar refractivity (Wildman–Crippen MR) is 112 cm³/mol. The van der Waals surface area contributed by atoms with E-state index in [0.29, 0.717) is 12.2 Å². The van der Waals surface area contributed by atoms with E-state index in [2.05, 4.69) is 5.32 Å². The van der Waals surface area contributed by atoms with Crippen molar-refractivity contribution in [2.75, 3.05) is 19.0 Å². The maximum atomic E-state index is 12.3. The third-order valence-electron chi connectivity index (χ3n) is 5.03. The van der Waals surface area contributed by atoms with Crippen LogP contribution in [-0.2, 0) is 16.1 Å². The van der Waals surface area contributed by atoms with Crippen LogP contribution in [0, 0.1) is 24.0 Å². The molecule has 1 N–H and O–H groups in total. The number of hydrogen-bond donors (Lipinski definition) is 1. The van der Waals surface area contributed by atoms with E-state index in [1.54, 1.807) is 7.05 Å². The number of benzene rings is 2. The summed E-state index contributed by atoms with van der Waals surface area (Å²) in [6.07, 6.45) is 1.94. The van der Waals surface area contributed by atoms with Crippen molar-refractivity contribution in [2.24, 2.45) is 0 Å². The van der Waals surface area contributed by atoms with E-state index in [4.69, 9.17) is 4.74 Å². The van der Waals surface area contributed by atoms with Gasteiger partial charge in [-0.05, 0) is 49.9 Å². The minimum atomic E-state index is -0.774. The Bertz CT molecular complexity index is 985. The van der Waals surface area contributed by atoms with Crippen molar-refractivity contribution in [3.05, 3.63) is 68.8 Å². The van der Waals surface area contributed by atoms with Gasteiger partial charge in [0.25, 0.3) is 11.6 Å². The van der Waals surface area contributed by atoms with Gasteiger partial charge >= 0.3 is 5.97 Å². The molecule has 0 unspecified atom stereocenters. The highest BCUT2D eigenvalue weighted by Gasteiger charge is 2.26. The van der Waals surface area contributed by atoms with Gasteiger partial charge in [0.1, 0.15) is 5.69 Å². The molecule has 0 saturated heterocycles. The zero-order valence-corrected chi connectivity index (χ0v) is 17.3. The van der Waals surface area contributed by atoms with E-state index in [0.717, 1.165) is 29.5 Å². The molecule has 2 aromatic rings. The summed E-state index contributed by atoms with van der Waals surface area (Å²) in [5, 5.41) is 14.4. The van der Waals surface area contributed by atoms with Crippen LogP contribution in [0.4, 0.5) is 11.4 Å². The van der Waals surface area contributed by atoms with Gasteiger partial charge in [0.05, 0.1) is 10.5 Å². The molecule has 0 radical (unpaired) electrons. The molecule has 1 saturated carbocycles. The van der Waals surface area contributed by atoms with E-state index in [-0.39, 0.29) is 23.2 Å². The molecule has 1 fully saturated rings. The standard InChI is InChI=1S/C22H25N3O5/c1-14-4-5-17(15(2)10-14)12-24(3)21(26)13-30-22(27)16-6-9-19(23-18-7-8-18)20(11-16)25(28)29/h4-6,9-11,18,23H,7-8,12-13H2,1-3H3. The van der Waals surface area contributed by atoms with E-state index < -0.39 is 17.5 Å². The first-order valence-corrected chi connectivity index (χ1v) is 9.77. The summed E-state index contributed by atoms with van der Waals surface area (Å²) < 4.78 is 5.09. The number of anilines is 1. The Kier molecular flexibility index (Phi) is 6.34. The number of amides is 1. The largest absolute Gasteiger partial charge is 0.452 e. The summed E-state index contributed by atoms with van der Waals surface area (Å²) in [5.74, 6) is -1.13. The summed E-state index contributed by atoms with van der Waals surface area (Å²) >= 11 is 0. The topological polar surface area (TPSA) is 102 Å². The van der Waals surface area contributed by atoms with E-state index in [1.807, 2.05) is 32.0 Å². The van der Waals surface area contributed by atoms with Gasteiger partial charge in [-0.3, -0.25) is 14.9 Å². The van der Waals surface area contributed by atoms with Gasteiger partial charge in [-0.2, -0.15) is 0 Å². The number of carbonyl (C=O) groups excluding carboxylic acids is 2. The molecule has 1 aliphatic carbocycles. The Morgan fingerprint density at radius 3 is 2.57 bits per heavy atom. The summed E-state index contributed by atoms with van der Waals surface area (Å²) in [5.41, 5.74) is 3.47. The van der Waals surface area contributed by atoms with Crippen molar-refractivity contribution in [1.82, 2.24) is 4.90 Å². The van der Waals surface area contributed by atoms with Crippen LogP contribution < -0.4 is 5.32 Å². The molecule has 0 bridgehead atoms. The van der Waals surface area contributed by atoms with Crippen molar-refractivity contribution in [2.45, 2.75) is 39.3 Å². The van der Waals surface area contributed by atoms with Crippen molar-refractivity contribution in [3.63, 3.8) is 0 Å². The minimum Gasteiger partial charge on any atom is -0.452 e. The number of nitro groups is 1. The fourth-order valence-corrected chi connectivity index (χ4v) is 3.07. The number of nitrogens with one attached hydrogen (secondary N) is 1. The molecule has 1 aliphatic rings. The van der Waals surface area contributed by atoms with Crippen LogP contribution in [0.25, 0.3) is 0 Å². The van der Waals surface area contributed by atoms with E-state index in [1.165, 1.54) is 23.1 Å². The number of likely N-dealkylation sites (N-methyl/N-ethyl adjacent to an activating group) is 1. The maximum absolute atomic E-state index is 12.3. The fraction of sp³-hybridized carbons (Fsp3) is 0.364. The highest BCUT2D eigenvalue weighted by molar-refractivity contribution is 5.93. The number of ether oxygens (including phenoxy) is 1. The third kappa shape index (κ3) is 5.34. The summed E-state index contributed by atoms with van der Waals surface area (Å²) in [4.78, 5) is 36.9. The summed E-state index contributed by atoms with van der Waals surface area (Å²) in [6, 6.07) is 10.4. The molecule has 8 nitrogen and oxygen atoms in total. The van der Waals surface area contributed by atoms with Crippen LogP contribution in [0.2, 0.25) is 0 Å². The second-order valence-corrected chi connectivity index (χ2v) is 7.66. The molecule has 0 atom stereocenters. The zero-order chi connectivity index (χ0) is 21.8. The molecule has 0 heterocycles. The lowest BCUT2D eigenvalue weighted by molar-refractivity contribution is -0.384. The first-order chi connectivity index (χ1) is 14.2. The average Bonchev–Trinajstić information content (AvgIpc) is 3.52. The monoisotopic (exact) mass is 411 g/mol. The second kappa shape index (κ2) is 8.94. The maximum Gasteiger partial charge on any atom is 0.338 e. The molecule has 2 aromatic carbocycles. The first kappa shape index (κ1) is 21.3. The fourth-order valence-electron chi connectivity index (χ4n) is 3.07. The highest BCUT2D eigenvalue weighted by Crippen LogP contribution is 2.31. The third-order valence-corrected chi connectivity index (χ3v) is 5.03. The van der Waals surface area contributed by atoms with Crippen LogP contribution >= 0.6 is 0 Å². The first-order valence-electron chi connectivity index (χ1n) is 9.77. The van der Waals surface area contributed by atoms with Crippen LogP contribution in [0.5, 0.6) is 0 Å². The summed E-state index contributed by atoms with van der Waals surface area (Å²) in [7, 11) is 1.64. The normalized spacial score (nSPS) is 12.9. The molecule has 1 amide bonds. The van der Waals surface area contributed by atoms with E-state index in [9.17, 15) is 19.7 Å². The molecule has 8 heteroatoms. The molecule has 158 valence electrons. The van der Waals surface area contributed by atoms with Crippen molar-refractivity contribution < 1.29 is 19.2 Å². The van der Waals surface area contributed by atoms with Gasteiger partial charge in [-0.25, -0.2) is 4.79 Å². The van der Waals surface area contributed by atoms with Gasteiger partial charge in [0.2, 0.25) is 0 Å². The van der Waals surface area contributed by atoms with Gasteiger partial charge in [0.15, 0.2) is 6.61 Å². The Labute approximate surface area is 175 Å². The van der Waals surface area contributed by atoms with Crippen LogP contribution in [-0.4, -0.2) is 41.4 Å². The lowest BCUT2D eigenvalue weighted by atomic mass is 10.1. The number of aryl methyl sites for hydroxylation is 2. The molecular weight excluding hydrogens is 386 g/mol. The Morgan fingerprint density at radius 2 is 1.93 bits per heavy atom. The van der Waals surface area contributed by atoms with Crippen LogP contribution in [0.1, 0.15) is 39.9 Å². The molecule has 0 aliphatic heterocycles. The quantitative estimate of drug-likeness (QED) is 0.405.